The van der Waals surface area contributed by atoms with Crippen molar-refractivity contribution >= 4 is 23.0 Å². The van der Waals surface area contributed by atoms with Crippen molar-refractivity contribution in [1.29, 1.82) is 0 Å². The number of hydrogen-bond donors (Lipinski definition) is 1. The lowest BCUT2D eigenvalue weighted by atomic mass is 10.0. The van der Waals surface area contributed by atoms with Crippen molar-refractivity contribution in [3.63, 3.8) is 0 Å². The lowest BCUT2D eigenvalue weighted by Crippen LogP contribution is -2.24. The van der Waals surface area contributed by atoms with E-state index in [0.717, 1.165) is 30.6 Å². The number of nitrogens with zero attached hydrogens (tertiary/aromatic N) is 1. The quantitative estimate of drug-likeness (QED) is 0.880. The van der Waals surface area contributed by atoms with Gasteiger partial charge in [-0.1, -0.05) is 35.9 Å². The average molecular weight is 288 g/mol. The molecule has 0 spiro atoms. The zero-order valence-corrected chi connectivity index (χ0v) is 12.3. The minimum Gasteiger partial charge on any atom is -0.389 e. The van der Waals surface area contributed by atoms with Crippen LogP contribution in [-0.4, -0.2) is 11.7 Å². The minimum atomic E-state index is -0.491. The third kappa shape index (κ3) is 2.41. The fourth-order valence-corrected chi connectivity index (χ4v) is 3.08. The van der Waals surface area contributed by atoms with Gasteiger partial charge >= 0.3 is 0 Å². The van der Waals surface area contributed by atoms with E-state index >= 15 is 0 Å². The van der Waals surface area contributed by atoms with E-state index in [1.807, 2.05) is 18.2 Å². The van der Waals surface area contributed by atoms with Gasteiger partial charge in [0.2, 0.25) is 0 Å². The normalized spacial score (nSPS) is 15.8. The van der Waals surface area contributed by atoms with E-state index in [2.05, 4.69) is 29.2 Å². The molecule has 0 aromatic heterocycles. The van der Waals surface area contributed by atoms with E-state index in [0.29, 0.717) is 5.02 Å². The summed E-state index contributed by atoms with van der Waals surface area (Å²) in [5.74, 6) is 0. The van der Waals surface area contributed by atoms with Crippen molar-refractivity contribution in [2.24, 2.45) is 0 Å². The number of aryl methyl sites for hydroxylation is 1. The second-order valence-electron chi connectivity index (χ2n) is 5.27. The van der Waals surface area contributed by atoms with Gasteiger partial charge in [-0.15, -0.1) is 0 Å². The van der Waals surface area contributed by atoms with Crippen LogP contribution in [0.25, 0.3) is 0 Å². The smallest absolute Gasteiger partial charge is 0.0762 e. The van der Waals surface area contributed by atoms with E-state index in [1.54, 1.807) is 6.92 Å². The molecule has 1 aliphatic heterocycles. The molecule has 1 heterocycles. The molecule has 0 radical (unpaired) electrons. The zero-order chi connectivity index (χ0) is 14.1. The first-order valence-electron chi connectivity index (χ1n) is 7.00. The Morgan fingerprint density at radius 2 is 1.95 bits per heavy atom. The lowest BCUT2D eigenvalue weighted by molar-refractivity contribution is 0.199. The second kappa shape index (κ2) is 5.47. The molecular weight excluding hydrogens is 270 g/mol. The third-order valence-corrected chi connectivity index (χ3v) is 4.16. The van der Waals surface area contributed by atoms with Gasteiger partial charge in [0.15, 0.2) is 0 Å². The highest BCUT2D eigenvalue weighted by atomic mass is 35.5. The van der Waals surface area contributed by atoms with E-state index in [4.69, 9.17) is 11.6 Å². The number of aliphatic hydroxyl groups is 1. The molecule has 20 heavy (non-hydrogen) atoms. The number of fused-ring (bicyclic) bond motifs is 1. The molecule has 2 nitrogen and oxygen atoms in total. The van der Waals surface area contributed by atoms with E-state index in [9.17, 15) is 5.11 Å². The van der Waals surface area contributed by atoms with Gasteiger partial charge in [0.1, 0.15) is 0 Å². The molecule has 1 N–H and O–H groups in total. The Morgan fingerprint density at radius 3 is 2.70 bits per heavy atom. The molecular formula is C17H18ClNO. The molecule has 0 aliphatic carbocycles. The van der Waals surface area contributed by atoms with Gasteiger partial charge in [-0.2, -0.15) is 0 Å². The highest BCUT2D eigenvalue weighted by Crippen LogP contribution is 2.37. The van der Waals surface area contributed by atoms with E-state index < -0.39 is 6.10 Å². The number of aliphatic hydroxyl groups excluding tert-OH is 1. The SMILES string of the molecule is C[C@@H](O)c1ccc(N2CCCc3ccccc32)c(Cl)c1. The highest BCUT2D eigenvalue weighted by molar-refractivity contribution is 6.33. The van der Waals surface area contributed by atoms with Crippen LogP contribution in [0.3, 0.4) is 0 Å². The first-order chi connectivity index (χ1) is 9.66. The maximum Gasteiger partial charge on any atom is 0.0762 e. The number of halogens is 1. The summed E-state index contributed by atoms with van der Waals surface area (Å²) in [5, 5.41) is 10.3. The summed E-state index contributed by atoms with van der Waals surface area (Å²) in [6.07, 6.45) is 1.76. The van der Waals surface area contributed by atoms with Crippen LogP contribution in [-0.2, 0) is 6.42 Å². The van der Waals surface area contributed by atoms with Gasteiger partial charge in [-0.05, 0) is 49.1 Å². The van der Waals surface area contributed by atoms with Crippen molar-refractivity contribution in [2.45, 2.75) is 25.9 Å². The van der Waals surface area contributed by atoms with Crippen molar-refractivity contribution in [3.05, 3.63) is 58.6 Å². The Bertz CT molecular complexity index is 624. The predicted molar refractivity (Wildman–Crippen MR) is 83.9 cm³/mol. The van der Waals surface area contributed by atoms with Gasteiger partial charge in [0, 0.05) is 12.2 Å². The van der Waals surface area contributed by atoms with Gasteiger partial charge in [0.05, 0.1) is 16.8 Å². The summed E-state index contributed by atoms with van der Waals surface area (Å²) in [4.78, 5) is 2.27. The van der Waals surface area contributed by atoms with Gasteiger partial charge in [-0.3, -0.25) is 0 Å². The highest BCUT2D eigenvalue weighted by Gasteiger charge is 2.20. The molecule has 1 aliphatic rings. The van der Waals surface area contributed by atoms with E-state index in [-0.39, 0.29) is 0 Å². The first-order valence-corrected chi connectivity index (χ1v) is 7.37. The Morgan fingerprint density at radius 1 is 1.15 bits per heavy atom. The molecule has 0 saturated heterocycles. The molecule has 104 valence electrons. The van der Waals surface area contributed by atoms with Crippen LogP contribution < -0.4 is 4.90 Å². The summed E-state index contributed by atoms with van der Waals surface area (Å²) < 4.78 is 0. The topological polar surface area (TPSA) is 23.5 Å². The largest absolute Gasteiger partial charge is 0.389 e. The Balaban J connectivity index is 2.02. The van der Waals surface area contributed by atoms with E-state index in [1.165, 1.54) is 11.3 Å². The molecule has 0 amide bonds. The van der Waals surface area contributed by atoms with Crippen molar-refractivity contribution in [3.8, 4) is 0 Å². The van der Waals surface area contributed by atoms with Crippen molar-refractivity contribution < 1.29 is 5.11 Å². The predicted octanol–water partition coefficient (Wildman–Crippen LogP) is 4.48. The fraction of sp³-hybridized carbons (Fsp3) is 0.294. The molecule has 2 aromatic rings. The van der Waals surface area contributed by atoms with Crippen LogP contribution >= 0.6 is 11.6 Å². The van der Waals surface area contributed by atoms with Crippen molar-refractivity contribution in [1.82, 2.24) is 0 Å². The monoisotopic (exact) mass is 287 g/mol. The third-order valence-electron chi connectivity index (χ3n) is 3.86. The first kappa shape index (κ1) is 13.5. The number of rotatable bonds is 2. The maximum absolute atomic E-state index is 9.63. The number of hydrogen-bond acceptors (Lipinski definition) is 2. The Labute approximate surface area is 124 Å². The van der Waals surface area contributed by atoms with Crippen LogP contribution in [0.5, 0.6) is 0 Å². The average Bonchev–Trinajstić information content (AvgIpc) is 2.46. The number of benzene rings is 2. The lowest BCUT2D eigenvalue weighted by Gasteiger charge is -2.32. The molecule has 2 aromatic carbocycles. The standard InChI is InChI=1S/C17H18ClNO/c1-12(20)14-8-9-17(15(18)11-14)19-10-4-6-13-5-2-3-7-16(13)19/h2-3,5,7-9,11-12,20H,4,6,10H2,1H3/t12-/m1/s1. The van der Waals surface area contributed by atoms with Crippen LogP contribution in [0.15, 0.2) is 42.5 Å². The molecule has 0 saturated carbocycles. The second-order valence-corrected chi connectivity index (χ2v) is 5.68. The summed E-state index contributed by atoms with van der Waals surface area (Å²) in [6.45, 7) is 2.73. The molecule has 1 atom stereocenters. The number of anilines is 2. The van der Waals surface area contributed by atoms with Gasteiger partial charge in [-0.25, -0.2) is 0 Å². The van der Waals surface area contributed by atoms with Gasteiger partial charge < -0.3 is 10.0 Å². The number of para-hydroxylation sites is 1. The molecule has 3 heteroatoms. The fourth-order valence-electron chi connectivity index (χ4n) is 2.79. The maximum atomic E-state index is 9.63. The van der Waals surface area contributed by atoms with Crippen LogP contribution in [0.2, 0.25) is 5.02 Å². The summed E-state index contributed by atoms with van der Waals surface area (Å²) in [5.41, 5.74) is 4.48. The Kier molecular flexibility index (Phi) is 3.68. The van der Waals surface area contributed by atoms with Crippen LogP contribution in [0.4, 0.5) is 11.4 Å². The minimum absolute atomic E-state index is 0.491. The van der Waals surface area contributed by atoms with Gasteiger partial charge in [0.25, 0.3) is 0 Å². The zero-order valence-electron chi connectivity index (χ0n) is 11.5. The summed E-state index contributed by atoms with van der Waals surface area (Å²) in [6, 6.07) is 14.3. The summed E-state index contributed by atoms with van der Waals surface area (Å²) >= 11 is 6.42. The molecule has 3 rings (SSSR count). The Hall–Kier alpha value is -1.51. The molecule has 0 unspecified atom stereocenters. The summed E-state index contributed by atoms with van der Waals surface area (Å²) in [7, 11) is 0. The van der Waals surface area contributed by atoms with Crippen molar-refractivity contribution in [2.75, 3.05) is 11.4 Å². The molecule has 0 bridgehead atoms. The van der Waals surface area contributed by atoms with Crippen LogP contribution in [0.1, 0.15) is 30.6 Å². The molecule has 0 fully saturated rings. The van der Waals surface area contributed by atoms with Crippen LogP contribution in [0, 0.1) is 0 Å².